The Bertz CT molecular complexity index is 1170. The Morgan fingerprint density at radius 1 is 1.10 bits per heavy atom. The van der Waals surface area contributed by atoms with Crippen molar-refractivity contribution in [2.24, 2.45) is 0 Å². The van der Waals surface area contributed by atoms with Crippen LogP contribution in [0.3, 0.4) is 0 Å². The van der Waals surface area contributed by atoms with Gasteiger partial charge in [0.2, 0.25) is 0 Å². The highest BCUT2D eigenvalue weighted by Crippen LogP contribution is 2.33. The molecule has 0 saturated heterocycles. The molecule has 0 atom stereocenters. The Hall–Kier alpha value is -2.99. The van der Waals surface area contributed by atoms with Crippen LogP contribution in [0.5, 0.6) is 5.75 Å². The number of nitrogens with zero attached hydrogens (tertiary/aromatic N) is 3. The summed E-state index contributed by atoms with van der Waals surface area (Å²) in [4.78, 5) is 4.68. The fourth-order valence-electron chi connectivity index (χ4n) is 3.39. The van der Waals surface area contributed by atoms with E-state index in [9.17, 15) is 8.78 Å². The zero-order valence-corrected chi connectivity index (χ0v) is 16.6. The van der Waals surface area contributed by atoms with Crippen LogP contribution in [0.15, 0.2) is 54.6 Å². The molecular formula is C22H18ClF2N3O. The maximum absolute atomic E-state index is 13.9. The molecule has 0 saturated carbocycles. The summed E-state index contributed by atoms with van der Waals surface area (Å²) < 4.78 is 34.6. The minimum absolute atomic E-state index is 0.0735. The van der Waals surface area contributed by atoms with E-state index < -0.39 is 6.43 Å². The Morgan fingerprint density at radius 3 is 2.52 bits per heavy atom. The first kappa shape index (κ1) is 19.3. The van der Waals surface area contributed by atoms with Crippen LogP contribution in [-0.2, 0) is 6.54 Å². The highest BCUT2D eigenvalue weighted by molar-refractivity contribution is 6.30. The molecule has 0 aliphatic carbocycles. The van der Waals surface area contributed by atoms with Crippen molar-refractivity contribution in [1.29, 1.82) is 0 Å². The highest BCUT2D eigenvalue weighted by atomic mass is 35.5. The Labute approximate surface area is 171 Å². The van der Waals surface area contributed by atoms with Crippen LogP contribution in [0, 0.1) is 6.92 Å². The molecule has 0 fully saturated rings. The van der Waals surface area contributed by atoms with Gasteiger partial charge in [-0.2, -0.15) is 5.10 Å². The van der Waals surface area contributed by atoms with Gasteiger partial charge in [-0.1, -0.05) is 23.7 Å². The van der Waals surface area contributed by atoms with Gasteiger partial charge in [-0.3, -0.25) is 0 Å². The smallest absolute Gasteiger partial charge is 0.264 e. The van der Waals surface area contributed by atoms with Gasteiger partial charge in [0.1, 0.15) is 5.75 Å². The summed E-state index contributed by atoms with van der Waals surface area (Å²) in [6, 6.07) is 16.0. The molecule has 0 aliphatic rings. The van der Waals surface area contributed by atoms with Crippen LogP contribution in [0.4, 0.5) is 8.78 Å². The second kappa shape index (κ2) is 7.79. The van der Waals surface area contributed by atoms with Gasteiger partial charge >= 0.3 is 0 Å². The van der Waals surface area contributed by atoms with Crippen molar-refractivity contribution in [2.75, 3.05) is 7.11 Å². The van der Waals surface area contributed by atoms with Crippen LogP contribution in [0.1, 0.15) is 23.2 Å². The second-order valence-corrected chi connectivity index (χ2v) is 7.13. The van der Waals surface area contributed by atoms with Gasteiger partial charge < -0.3 is 4.74 Å². The number of rotatable bonds is 5. The number of halogens is 3. The number of fused-ring (bicyclic) bond motifs is 1. The van der Waals surface area contributed by atoms with Crippen molar-refractivity contribution in [3.63, 3.8) is 0 Å². The van der Waals surface area contributed by atoms with Gasteiger partial charge in [0.15, 0.2) is 5.65 Å². The average molecular weight is 414 g/mol. The third kappa shape index (κ3) is 3.80. The fourth-order valence-corrected chi connectivity index (χ4v) is 3.60. The lowest BCUT2D eigenvalue weighted by atomic mass is 10.1. The number of aryl methyl sites for hydroxylation is 1. The molecule has 148 valence electrons. The van der Waals surface area contributed by atoms with E-state index in [-0.39, 0.29) is 5.56 Å². The lowest BCUT2D eigenvalue weighted by Crippen LogP contribution is -2.04. The summed E-state index contributed by atoms with van der Waals surface area (Å²) in [5.74, 6) is 0.686. The number of hydrogen-bond acceptors (Lipinski definition) is 3. The van der Waals surface area contributed by atoms with Gasteiger partial charge in [0.25, 0.3) is 6.43 Å². The monoisotopic (exact) mass is 413 g/mol. The molecule has 2 aromatic heterocycles. The largest absolute Gasteiger partial charge is 0.497 e. The lowest BCUT2D eigenvalue weighted by Gasteiger charge is -2.09. The van der Waals surface area contributed by atoms with E-state index in [0.717, 1.165) is 11.1 Å². The molecule has 2 aromatic carbocycles. The Balaban J connectivity index is 1.88. The Morgan fingerprint density at radius 2 is 1.86 bits per heavy atom. The van der Waals surface area contributed by atoms with Gasteiger partial charge in [-0.05, 0) is 55.0 Å². The summed E-state index contributed by atoms with van der Waals surface area (Å²) >= 11 is 6.08. The summed E-state index contributed by atoms with van der Waals surface area (Å²) in [6.07, 6.45) is -2.64. The van der Waals surface area contributed by atoms with E-state index >= 15 is 0 Å². The van der Waals surface area contributed by atoms with Crippen LogP contribution in [0.2, 0.25) is 5.02 Å². The summed E-state index contributed by atoms with van der Waals surface area (Å²) in [5.41, 5.74) is 2.97. The van der Waals surface area contributed by atoms with Crippen LogP contribution >= 0.6 is 11.6 Å². The maximum atomic E-state index is 13.9. The van der Waals surface area contributed by atoms with E-state index in [1.807, 2.05) is 18.2 Å². The fraction of sp³-hybridized carbons (Fsp3) is 0.182. The predicted molar refractivity (Wildman–Crippen MR) is 110 cm³/mol. The predicted octanol–water partition coefficient (Wildman–Crippen LogP) is 6.05. The molecule has 0 radical (unpaired) electrons. The average Bonchev–Trinajstić information content (AvgIpc) is 3.02. The minimum Gasteiger partial charge on any atom is -0.497 e. The molecule has 4 aromatic rings. The quantitative estimate of drug-likeness (QED) is 0.399. The molecule has 29 heavy (non-hydrogen) atoms. The van der Waals surface area contributed by atoms with E-state index in [1.165, 1.54) is 6.07 Å². The number of benzene rings is 2. The summed E-state index contributed by atoms with van der Waals surface area (Å²) in [5, 5.41) is 5.47. The van der Waals surface area contributed by atoms with Crippen molar-refractivity contribution in [3.8, 4) is 17.0 Å². The number of pyridine rings is 1. The van der Waals surface area contributed by atoms with Gasteiger partial charge in [0, 0.05) is 16.1 Å². The molecule has 0 N–H and O–H groups in total. The van der Waals surface area contributed by atoms with Crippen LogP contribution < -0.4 is 4.74 Å². The number of ether oxygens (including phenoxy) is 1. The van der Waals surface area contributed by atoms with E-state index in [1.54, 1.807) is 49.0 Å². The molecule has 0 aliphatic heterocycles. The first-order valence-electron chi connectivity index (χ1n) is 9.01. The first-order chi connectivity index (χ1) is 14.0. The van der Waals surface area contributed by atoms with E-state index in [0.29, 0.717) is 39.7 Å². The third-order valence-electron chi connectivity index (χ3n) is 4.75. The minimum atomic E-state index is -2.64. The molecule has 0 unspecified atom stereocenters. The topological polar surface area (TPSA) is 39.9 Å². The third-order valence-corrected chi connectivity index (χ3v) is 4.99. The molecule has 0 spiro atoms. The normalized spacial score (nSPS) is 11.4. The van der Waals surface area contributed by atoms with Crippen LogP contribution in [-0.4, -0.2) is 21.9 Å². The van der Waals surface area contributed by atoms with E-state index in [2.05, 4.69) is 10.1 Å². The lowest BCUT2D eigenvalue weighted by molar-refractivity contribution is 0.153. The molecular weight excluding hydrogens is 396 g/mol. The SMILES string of the molecule is COc1ccc(-c2cc(C(F)F)c3c(C)nn(Cc4cccc(Cl)c4)c3n2)cc1. The van der Waals surface area contributed by atoms with Crippen LogP contribution in [0.25, 0.3) is 22.3 Å². The molecule has 2 heterocycles. The van der Waals surface area contributed by atoms with Gasteiger partial charge in [-0.15, -0.1) is 0 Å². The standard InChI is InChI=1S/C22H18ClF2N3O/c1-13-20-18(21(24)25)11-19(15-6-8-17(29-2)9-7-15)26-22(20)28(27-13)12-14-4-3-5-16(23)10-14/h3-11,21H,12H2,1-2H3. The van der Waals surface area contributed by atoms with E-state index in [4.69, 9.17) is 16.3 Å². The maximum Gasteiger partial charge on any atom is 0.264 e. The molecule has 4 rings (SSSR count). The Kier molecular flexibility index (Phi) is 5.20. The molecule has 7 heteroatoms. The van der Waals surface area contributed by atoms with Crippen molar-refractivity contribution in [1.82, 2.24) is 14.8 Å². The zero-order valence-electron chi connectivity index (χ0n) is 15.9. The highest BCUT2D eigenvalue weighted by Gasteiger charge is 2.21. The van der Waals surface area contributed by atoms with Crippen molar-refractivity contribution >= 4 is 22.6 Å². The first-order valence-corrected chi connectivity index (χ1v) is 9.39. The molecule has 4 nitrogen and oxygen atoms in total. The molecule has 0 amide bonds. The number of aromatic nitrogens is 3. The van der Waals surface area contributed by atoms with Gasteiger partial charge in [-0.25, -0.2) is 18.4 Å². The molecule has 0 bridgehead atoms. The number of hydrogen-bond donors (Lipinski definition) is 0. The van der Waals surface area contributed by atoms with Crippen molar-refractivity contribution < 1.29 is 13.5 Å². The number of methoxy groups -OCH3 is 1. The van der Waals surface area contributed by atoms with Gasteiger partial charge in [0.05, 0.1) is 30.4 Å². The van der Waals surface area contributed by atoms with Crippen molar-refractivity contribution in [2.45, 2.75) is 19.9 Å². The van der Waals surface area contributed by atoms with Crippen molar-refractivity contribution in [3.05, 3.63) is 76.4 Å². The summed E-state index contributed by atoms with van der Waals surface area (Å²) in [6.45, 7) is 2.10. The number of alkyl halides is 2. The summed E-state index contributed by atoms with van der Waals surface area (Å²) in [7, 11) is 1.57. The zero-order chi connectivity index (χ0) is 20.5. The second-order valence-electron chi connectivity index (χ2n) is 6.70.